The van der Waals surface area contributed by atoms with Gasteiger partial charge < -0.3 is 10.6 Å². The minimum atomic E-state index is 0.822. The average molecular weight is 200 g/mol. The highest BCUT2D eigenvalue weighted by Crippen LogP contribution is 2.19. The molecule has 2 N–H and O–H groups in total. The van der Waals surface area contributed by atoms with Crippen molar-refractivity contribution in [3.63, 3.8) is 0 Å². The quantitative estimate of drug-likeness (QED) is 0.755. The Labute approximate surface area is 90.3 Å². The van der Waals surface area contributed by atoms with Crippen LogP contribution in [0.25, 0.3) is 10.8 Å². The number of nitrogen functional groups attached to an aromatic ring is 1. The third-order valence-electron chi connectivity index (χ3n) is 2.43. The molecule has 78 valence electrons. The summed E-state index contributed by atoms with van der Waals surface area (Å²) in [5.74, 6) is 0. The highest BCUT2D eigenvalue weighted by molar-refractivity contribution is 5.85. The molecule has 0 amide bonds. The number of nitrogens with two attached hydrogens (primary N) is 1. The summed E-state index contributed by atoms with van der Waals surface area (Å²) in [4.78, 5) is 2.17. The molecule has 0 spiro atoms. The van der Waals surface area contributed by atoms with E-state index in [-0.39, 0.29) is 0 Å². The highest BCUT2D eigenvalue weighted by Gasteiger charge is 1.98. The standard InChI is InChI=1S/C13H16N2/c1-15(2)9-10-3-4-12-8-13(14)6-5-11(12)7-10/h3-8H,9,14H2,1-2H3. The van der Waals surface area contributed by atoms with Crippen LogP contribution in [0.4, 0.5) is 5.69 Å². The molecule has 0 radical (unpaired) electrons. The van der Waals surface area contributed by atoms with Gasteiger partial charge in [0, 0.05) is 12.2 Å². The van der Waals surface area contributed by atoms with Gasteiger partial charge in [-0.2, -0.15) is 0 Å². The summed E-state index contributed by atoms with van der Waals surface area (Å²) < 4.78 is 0. The Balaban J connectivity index is 2.43. The fraction of sp³-hybridized carbons (Fsp3) is 0.231. The van der Waals surface area contributed by atoms with Crippen LogP contribution in [0.3, 0.4) is 0 Å². The third kappa shape index (κ3) is 2.28. The fourth-order valence-corrected chi connectivity index (χ4v) is 1.78. The van der Waals surface area contributed by atoms with Crippen molar-refractivity contribution in [2.45, 2.75) is 6.54 Å². The molecular weight excluding hydrogens is 184 g/mol. The molecule has 0 fully saturated rings. The number of hydrogen-bond donors (Lipinski definition) is 1. The summed E-state index contributed by atoms with van der Waals surface area (Å²) in [5, 5.41) is 2.46. The van der Waals surface area contributed by atoms with Gasteiger partial charge in [0.25, 0.3) is 0 Å². The van der Waals surface area contributed by atoms with Crippen LogP contribution in [0.5, 0.6) is 0 Å². The molecule has 0 saturated carbocycles. The van der Waals surface area contributed by atoms with Crippen LogP contribution in [-0.2, 0) is 6.54 Å². The van der Waals surface area contributed by atoms with Gasteiger partial charge in [0.15, 0.2) is 0 Å². The molecule has 0 bridgehead atoms. The minimum Gasteiger partial charge on any atom is -0.399 e. The number of rotatable bonds is 2. The number of nitrogens with zero attached hydrogens (tertiary/aromatic N) is 1. The van der Waals surface area contributed by atoms with E-state index in [1.165, 1.54) is 16.3 Å². The van der Waals surface area contributed by atoms with E-state index in [1.54, 1.807) is 0 Å². The molecule has 0 atom stereocenters. The van der Waals surface area contributed by atoms with Gasteiger partial charge in [-0.25, -0.2) is 0 Å². The first kappa shape index (κ1) is 9.99. The van der Waals surface area contributed by atoms with Crippen LogP contribution in [-0.4, -0.2) is 19.0 Å². The summed E-state index contributed by atoms with van der Waals surface area (Å²) in [7, 11) is 4.15. The summed E-state index contributed by atoms with van der Waals surface area (Å²) in [5.41, 5.74) is 7.89. The molecule has 0 aromatic heterocycles. The molecule has 0 saturated heterocycles. The van der Waals surface area contributed by atoms with E-state index < -0.39 is 0 Å². The highest BCUT2D eigenvalue weighted by atomic mass is 15.0. The second kappa shape index (κ2) is 3.91. The van der Waals surface area contributed by atoms with Crippen LogP contribution in [0, 0.1) is 0 Å². The van der Waals surface area contributed by atoms with Crippen LogP contribution in [0.15, 0.2) is 36.4 Å². The first-order valence-corrected chi connectivity index (χ1v) is 5.08. The summed E-state index contributed by atoms with van der Waals surface area (Å²) in [6, 6.07) is 12.5. The van der Waals surface area contributed by atoms with Crippen LogP contribution < -0.4 is 5.73 Å². The molecule has 2 aromatic rings. The topological polar surface area (TPSA) is 29.3 Å². The van der Waals surface area contributed by atoms with E-state index >= 15 is 0 Å². The largest absolute Gasteiger partial charge is 0.399 e. The van der Waals surface area contributed by atoms with Crippen molar-refractivity contribution in [2.75, 3.05) is 19.8 Å². The second-order valence-electron chi connectivity index (χ2n) is 4.18. The van der Waals surface area contributed by atoms with E-state index in [4.69, 9.17) is 5.73 Å². The lowest BCUT2D eigenvalue weighted by Gasteiger charge is -2.10. The van der Waals surface area contributed by atoms with Gasteiger partial charge in [-0.3, -0.25) is 0 Å². The first-order valence-electron chi connectivity index (χ1n) is 5.08. The maximum absolute atomic E-state index is 5.73. The fourth-order valence-electron chi connectivity index (χ4n) is 1.78. The summed E-state index contributed by atoms with van der Waals surface area (Å²) in [6.07, 6.45) is 0. The predicted octanol–water partition coefficient (Wildman–Crippen LogP) is 2.48. The van der Waals surface area contributed by atoms with Gasteiger partial charge in [0.1, 0.15) is 0 Å². The van der Waals surface area contributed by atoms with Gasteiger partial charge >= 0.3 is 0 Å². The Bertz CT molecular complexity index is 475. The maximum Gasteiger partial charge on any atom is 0.0320 e. The van der Waals surface area contributed by atoms with Crippen molar-refractivity contribution in [3.05, 3.63) is 42.0 Å². The van der Waals surface area contributed by atoms with E-state index in [0.717, 1.165) is 12.2 Å². The zero-order valence-corrected chi connectivity index (χ0v) is 9.20. The molecule has 15 heavy (non-hydrogen) atoms. The van der Waals surface area contributed by atoms with Crippen LogP contribution in [0.2, 0.25) is 0 Å². The van der Waals surface area contributed by atoms with Crippen molar-refractivity contribution in [1.29, 1.82) is 0 Å². The number of benzene rings is 2. The molecular formula is C13H16N2. The van der Waals surface area contributed by atoms with Gasteiger partial charge in [0.2, 0.25) is 0 Å². The predicted molar refractivity (Wildman–Crippen MR) is 65.8 cm³/mol. The van der Waals surface area contributed by atoms with Gasteiger partial charge in [-0.15, -0.1) is 0 Å². The monoisotopic (exact) mass is 200 g/mol. The summed E-state index contributed by atoms with van der Waals surface area (Å²) >= 11 is 0. The molecule has 0 unspecified atom stereocenters. The lowest BCUT2D eigenvalue weighted by Crippen LogP contribution is -2.10. The minimum absolute atomic E-state index is 0.822. The van der Waals surface area contributed by atoms with Crippen LogP contribution >= 0.6 is 0 Å². The lowest BCUT2D eigenvalue weighted by atomic mass is 10.1. The second-order valence-corrected chi connectivity index (χ2v) is 4.18. The smallest absolute Gasteiger partial charge is 0.0320 e. The Kier molecular flexibility index (Phi) is 2.60. The van der Waals surface area contributed by atoms with Crippen molar-refractivity contribution in [2.24, 2.45) is 0 Å². The van der Waals surface area contributed by atoms with Crippen LogP contribution in [0.1, 0.15) is 5.56 Å². The van der Waals surface area contributed by atoms with Crippen molar-refractivity contribution < 1.29 is 0 Å². The number of anilines is 1. The number of hydrogen-bond acceptors (Lipinski definition) is 2. The molecule has 0 aliphatic rings. The Hall–Kier alpha value is -1.54. The number of fused-ring (bicyclic) bond motifs is 1. The maximum atomic E-state index is 5.73. The molecule has 2 rings (SSSR count). The molecule has 0 heterocycles. The normalized spacial score (nSPS) is 11.1. The van der Waals surface area contributed by atoms with E-state index in [1.807, 2.05) is 12.1 Å². The van der Waals surface area contributed by atoms with Gasteiger partial charge in [0.05, 0.1) is 0 Å². The van der Waals surface area contributed by atoms with E-state index in [9.17, 15) is 0 Å². The van der Waals surface area contributed by atoms with Gasteiger partial charge in [-0.1, -0.05) is 18.2 Å². The summed E-state index contributed by atoms with van der Waals surface area (Å²) in [6.45, 7) is 0.973. The van der Waals surface area contributed by atoms with Crippen molar-refractivity contribution in [3.8, 4) is 0 Å². The first-order chi connectivity index (χ1) is 7.15. The third-order valence-corrected chi connectivity index (χ3v) is 2.43. The molecule has 0 aliphatic carbocycles. The zero-order valence-electron chi connectivity index (χ0n) is 9.20. The zero-order chi connectivity index (χ0) is 10.8. The molecule has 0 aliphatic heterocycles. The Morgan fingerprint density at radius 2 is 1.67 bits per heavy atom. The van der Waals surface area contributed by atoms with Gasteiger partial charge in [-0.05, 0) is 48.6 Å². The SMILES string of the molecule is CN(C)Cc1ccc2cc(N)ccc2c1. The van der Waals surface area contributed by atoms with Crippen molar-refractivity contribution >= 4 is 16.5 Å². The Morgan fingerprint density at radius 1 is 1.00 bits per heavy atom. The molecule has 2 aromatic carbocycles. The van der Waals surface area contributed by atoms with E-state index in [0.29, 0.717) is 0 Å². The lowest BCUT2D eigenvalue weighted by molar-refractivity contribution is 0.403. The average Bonchev–Trinajstić information content (AvgIpc) is 2.17. The van der Waals surface area contributed by atoms with E-state index in [2.05, 4.69) is 43.3 Å². The molecule has 2 heteroatoms. The Morgan fingerprint density at radius 3 is 2.40 bits per heavy atom. The van der Waals surface area contributed by atoms with Crippen molar-refractivity contribution in [1.82, 2.24) is 4.90 Å². The molecule has 2 nitrogen and oxygen atoms in total.